The van der Waals surface area contributed by atoms with Crippen LogP contribution in [0.15, 0.2) is 46.1 Å². The van der Waals surface area contributed by atoms with E-state index in [2.05, 4.69) is 5.32 Å². The Labute approximate surface area is 113 Å². The molecule has 1 aromatic carbocycles. The Kier molecular flexibility index (Phi) is 3.79. The smallest absolute Gasteiger partial charge is 0.325 e. The SMILES string of the molecule is Cn1c(=O)ccn(CC(=O)Nc2ccc(F)cc2)c1=O. The minimum absolute atomic E-state index is 0.232. The van der Waals surface area contributed by atoms with Gasteiger partial charge in [-0.25, -0.2) is 9.18 Å². The highest BCUT2D eigenvalue weighted by atomic mass is 19.1. The first-order valence-corrected chi connectivity index (χ1v) is 5.79. The zero-order valence-corrected chi connectivity index (χ0v) is 10.7. The second kappa shape index (κ2) is 5.52. The molecule has 0 saturated carbocycles. The summed E-state index contributed by atoms with van der Waals surface area (Å²) in [5, 5.41) is 2.53. The number of hydrogen-bond donors (Lipinski definition) is 1. The summed E-state index contributed by atoms with van der Waals surface area (Å²) in [5.41, 5.74) is -0.591. The van der Waals surface area contributed by atoms with E-state index in [1.807, 2.05) is 0 Å². The Hall–Kier alpha value is -2.70. The quantitative estimate of drug-likeness (QED) is 0.878. The molecule has 0 spiro atoms. The predicted molar refractivity (Wildman–Crippen MR) is 71.0 cm³/mol. The topological polar surface area (TPSA) is 73.1 Å². The molecule has 7 heteroatoms. The van der Waals surface area contributed by atoms with Crippen molar-refractivity contribution in [2.24, 2.45) is 7.05 Å². The van der Waals surface area contributed by atoms with Crippen LogP contribution in [0.2, 0.25) is 0 Å². The molecule has 1 heterocycles. The van der Waals surface area contributed by atoms with E-state index < -0.39 is 23.0 Å². The lowest BCUT2D eigenvalue weighted by molar-refractivity contribution is -0.116. The summed E-state index contributed by atoms with van der Waals surface area (Å²) in [5.74, 6) is -0.852. The molecule has 1 aromatic heterocycles. The van der Waals surface area contributed by atoms with Gasteiger partial charge in [-0.05, 0) is 24.3 Å². The molecule has 6 nitrogen and oxygen atoms in total. The number of carbonyl (C=O) groups excluding carboxylic acids is 1. The molecule has 2 rings (SSSR count). The molecule has 104 valence electrons. The Morgan fingerprint density at radius 2 is 1.85 bits per heavy atom. The zero-order chi connectivity index (χ0) is 14.7. The maximum absolute atomic E-state index is 12.7. The first-order valence-electron chi connectivity index (χ1n) is 5.79. The van der Waals surface area contributed by atoms with Crippen LogP contribution >= 0.6 is 0 Å². The third-order valence-electron chi connectivity index (χ3n) is 2.70. The molecule has 20 heavy (non-hydrogen) atoms. The molecule has 0 bridgehead atoms. The van der Waals surface area contributed by atoms with Crippen LogP contribution in [-0.2, 0) is 18.4 Å². The molecule has 0 aliphatic carbocycles. The number of benzene rings is 1. The van der Waals surface area contributed by atoms with Gasteiger partial charge in [-0.2, -0.15) is 0 Å². The van der Waals surface area contributed by atoms with E-state index >= 15 is 0 Å². The molecular formula is C13H12FN3O3. The number of hydrogen-bond acceptors (Lipinski definition) is 3. The first-order chi connectivity index (χ1) is 9.47. The maximum Gasteiger partial charge on any atom is 0.331 e. The van der Waals surface area contributed by atoms with Gasteiger partial charge in [-0.15, -0.1) is 0 Å². The standard InChI is InChI=1S/C13H12FN3O3/c1-16-12(19)6-7-17(13(16)20)8-11(18)15-10-4-2-9(14)3-5-10/h2-7H,8H2,1H3,(H,15,18). The highest BCUT2D eigenvalue weighted by Gasteiger charge is 2.07. The summed E-state index contributed by atoms with van der Waals surface area (Å²) in [6.45, 7) is -0.232. The maximum atomic E-state index is 12.7. The molecular weight excluding hydrogens is 265 g/mol. The first kappa shape index (κ1) is 13.7. The van der Waals surface area contributed by atoms with Gasteiger partial charge in [0.2, 0.25) is 5.91 Å². The van der Waals surface area contributed by atoms with Gasteiger partial charge in [0.25, 0.3) is 5.56 Å². The summed E-state index contributed by atoms with van der Waals surface area (Å²) >= 11 is 0. The minimum atomic E-state index is -0.577. The van der Waals surface area contributed by atoms with Crippen molar-refractivity contribution in [1.29, 1.82) is 0 Å². The predicted octanol–water partition coefficient (Wildman–Crippen LogP) is 0.325. The van der Waals surface area contributed by atoms with Gasteiger partial charge < -0.3 is 5.32 Å². The van der Waals surface area contributed by atoms with Crippen molar-refractivity contribution < 1.29 is 9.18 Å². The molecule has 1 N–H and O–H groups in total. The molecule has 2 aromatic rings. The van der Waals surface area contributed by atoms with Crippen molar-refractivity contribution in [1.82, 2.24) is 9.13 Å². The Balaban J connectivity index is 2.13. The fourth-order valence-corrected chi connectivity index (χ4v) is 1.63. The number of amides is 1. The summed E-state index contributed by atoms with van der Waals surface area (Å²) in [7, 11) is 1.33. The number of halogens is 1. The van der Waals surface area contributed by atoms with Crippen LogP contribution in [0.25, 0.3) is 0 Å². The van der Waals surface area contributed by atoms with Crippen LogP contribution in [0.5, 0.6) is 0 Å². The van der Waals surface area contributed by atoms with Gasteiger partial charge >= 0.3 is 5.69 Å². The van der Waals surface area contributed by atoms with Gasteiger partial charge in [-0.1, -0.05) is 0 Å². The van der Waals surface area contributed by atoms with Gasteiger partial charge in [0.15, 0.2) is 0 Å². The van der Waals surface area contributed by atoms with Crippen molar-refractivity contribution in [2.45, 2.75) is 6.54 Å². The van der Waals surface area contributed by atoms with Gasteiger partial charge in [0.1, 0.15) is 12.4 Å². The van der Waals surface area contributed by atoms with Crippen molar-refractivity contribution >= 4 is 11.6 Å². The molecule has 0 saturated heterocycles. The average molecular weight is 277 g/mol. The lowest BCUT2D eigenvalue weighted by Gasteiger charge is -2.08. The van der Waals surface area contributed by atoms with Crippen molar-refractivity contribution in [2.75, 3.05) is 5.32 Å². The number of nitrogens with zero attached hydrogens (tertiary/aromatic N) is 2. The van der Waals surface area contributed by atoms with Crippen LogP contribution in [0.3, 0.4) is 0 Å². The van der Waals surface area contributed by atoms with E-state index in [0.29, 0.717) is 5.69 Å². The Morgan fingerprint density at radius 1 is 1.20 bits per heavy atom. The zero-order valence-electron chi connectivity index (χ0n) is 10.7. The van der Waals surface area contributed by atoms with E-state index in [9.17, 15) is 18.8 Å². The fourth-order valence-electron chi connectivity index (χ4n) is 1.63. The Morgan fingerprint density at radius 3 is 2.50 bits per heavy atom. The Bertz CT molecular complexity index is 747. The monoisotopic (exact) mass is 277 g/mol. The molecule has 0 fully saturated rings. The molecule has 1 amide bonds. The van der Waals surface area contributed by atoms with Crippen molar-refractivity contribution in [3.05, 3.63) is 63.2 Å². The van der Waals surface area contributed by atoms with Gasteiger partial charge in [-0.3, -0.25) is 18.7 Å². The van der Waals surface area contributed by atoms with Crippen LogP contribution in [0.4, 0.5) is 10.1 Å². The van der Waals surface area contributed by atoms with Gasteiger partial charge in [0, 0.05) is 25.0 Å². The third-order valence-corrected chi connectivity index (χ3v) is 2.70. The number of rotatable bonds is 3. The van der Waals surface area contributed by atoms with E-state index in [1.165, 1.54) is 43.6 Å². The fraction of sp³-hybridized carbons (Fsp3) is 0.154. The highest BCUT2D eigenvalue weighted by molar-refractivity contribution is 5.90. The molecule has 0 aliphatic rings. The largest absolute Gasteiger partial charge is 0.331 e. The van der Waals surface area contributed by atoms with Gasteiger partial charge in [0.05, 0.1) is 0 Å². The number of nitrogens with one attached hydrogen (secondary N) is 1. The highest BCUT2D eigenvalue weighted by Crippen LogP contribution is 2.07. The summed E-state index contributed by atoms with van der Waals surface area (Å²) in [6.07, 6.45) is 1.26. The number of anilines is 1. The molecule has 0 unspecified atom stereocenters. The molecule has 0 radical (unpaired) electrons. The van der Waals surface area contributed by atoms with Crippen LogP contribution in [-0.4, -0.2) is 15.0 Å². The van der Waals surface area contributed by atoms with E-state index in [1.54, 1.807) is 0 Å². The third kappa shape index (κ3) is 3.00. The lowest BCUT2D eigenvalue weighted by Crippen LogP contribution is -2.38. The van der Waals surface area contributed by atoms with E-state index in [-0.39, 0.29) is 6.54 Å². The van der Waals surface area contributed by atoms with E-state index in [4.69, 9.17) is 0 Å². The van der Waals surface area contributed by atoms with Crippen LogP contribution < -0.4 is 16.6 Å². The van der Waals surface area contributed by atoms with Crippen LogP contribution in [0.1, 0.15) is 0 Å². The summed E-state index contributed by atoms with van der Waals surface area (Å²) < 4.78 is 14.7. The van der Waals surface area contributed by atoms with Crippen molar-refractivity contribution in [3.63, 3.8) is 0 Å². The normalized spacial score (nSPS) is 10.3. The lowest BCUT2D eigenvalue weighted by atomic mass is 10.3. The van der Waals surface area contributed by atoms with E-state index in [0.717, 1.165) is 9.13 Å². The molecule has 0 aliphatic heterocycles. The van der Waals surface area contributed by atoms with Crippen molar-refractivity contribution in [3.8, 4) is 0 Å². The van der Waals surface area contributed by atoms with Crippen LogP contribution in [0, 0.1) is 5.82 Å². The second-order valence-corrected chi connectivity index (χ2v) is 4.18. The minimum Gasteiger partial charge on any atom is -0.325 e. The summed E-state index contributed by atoms with van der Waals surface area (Å²) in [4.78, 5) is 34.7. The number of carbonyl (C=O) groups is 1. The number of aromatic nitrogens is 2. The second-order valence-electron chi connectivity index (χ2n) is 4.18. The molecule has 0 atom stereocenters. The summed E-state index contributed by atoms with van der Waals surface area (Å²) in [6, 6.07) is 6.46. The average Bonchev–Trinajstić information content (AvgIpc) is 2.42.